The highest BCUT2D eigenvalue weighted by molar-refractivity contribution is 6.32. The fraction of sp³-hybridized carbons (Fsp3) is 0.462. The van der Waals surface area contributed by atoms with Gasteiger partial charge in [0, 0.05) is 0 Å². The van der Waals surface area contributed by atoms with Crippen LogP contribution in [0.15, 0.2) is 12.1 Å². The molecule has 1 fully saturated rings. The first kappa shape index (κ1) is 13.3. The summed E-state index contributed by atoms with van der Waals surface area (Å²) in [6.07, 6.45) is 3.28. The van der Waals surface area contributed by atoms with Crippen molar-refractivity contribution < 1.29 is 18.7 Å². The Morgan fingerprint density at radius 1 is 1.22 bits per heavy atom. The fourth-order valence-corrected chi connectivity index (χ4v) is 2.98. The third-order valence-corrected chi connectivity index (χ3v) is 4.04. The summed E-state index contributed by atoms with van der Waals surface area (Å²) in [6, 6.07) is 2.23. The lowest BCUT2D eigenvalue weighted by Gasteiger charge is -2.34. The van der Waals surface area contributed by atoms with Crippen LogP contribution in [0.5, 0.6) is 0 Å². The summed E-state index contributed by atoms with van der Waals surface area (Å²) in [5.41, 5.74) is -0.987. The van der Waals surface area contributed by atoms with Crippen LogP contribution in [0.25, 0.3) is 0 Å². The number of carbonyl (C=O) groups is 1. The van der Waals surface area contributed by atoms with E-state index in [1.54, 1.807) is 0 Å². The smallest absolute Gasteiger partial charge is 0.314 e. The van der Waals surface area contributed by atoms with Gasteiger partial charge in [-0.15, -0.1) is 0 Å². The summed E-state index contributed by atoms with van der Waals surface area (Å²) in [5, 5.41) is 9.05. The predicted molar refractivity (Wildman–Crippen MR) is 63.8 cm³/mol. The molecule has 0 aromatic heterocycles. The summed E-state index contributed by atoms with van der Waals surface area (Å²) in [5.74, 6) is -3.24. The van der Waals surface area contributed by atoms with Crippen LogP contribution in [-0.4, -0.2) is 11.1 Å². The van der Waals surface area contributed by atoms with Crippen LogP contribution >= 0.6 is 11.6 Å². The van der Waals surface area contributed by atoms with E-state index in [1.807, 2.05) is 0 Å². The van der Waals surface area contributed by atoms with Gasteiger partial charge in [0.05, 0.1) is 10.4 Å². The lowest BCUT2D eigenvalue weighted by molar-refractivity contribution is -0.145. The maximum atomic E-state index is 13.5. The summed E-state index contributed by atoms with van der Waals surface area (Å²) in [6.45, 7) is 0. The molecule has 0 atom stereocenters. The van der Waals surface area contributed by atoms with Crippen molar-refractivity contribution >= 4 is 17.6 Å². The second kappa shape index (κ2) is 4.84. The number of hydrogen-bond donors (Lipinski definition) is 1. The molecule has 0 unspecified atom stereocenters. The lowest BCUT2D eigenvalue weighted by Crippen LogP contribution is -2.38. The van der Waals surface area contributed by atoms with Crippen LogP contribution in [0.4, 0.5) is 8.78 Å². The Kier molecular flexibility index (Phi) is 3.57. The molecule has 98 valence electrons. The zero-order valence-corrected chi connectivity index (χ0v) is 10.4. The molecule has 0 radical (unpaired) electrons. The topological polar surface area (TPSA) is 37.3 Å². The minimum atomic E-state index is -1.18. The molecule has 2 rings (SSSR count). The first-order valence-corrected chi connectivity index (χ1v) is 6.24. The van der Waals surface area contributed by atoms with Gasteiger partial charge < -0.3 is 5.11 Å². The van der Waals surface area contributed by atoms with Gasteiger partial charge in [-0.1, -0.05) is 36.9 Å². The van der Waals surface area contributed by atoms with Crippen molar-refractivity contribution in [3.8, 4) is 0 Å². The van der Waals surface area contributed by atoms with Crippen LogP contribution in [0.1, 0.15) is 37.7 Å². The van der Waals surface area contributed by atoms with Crippen molar-refractivity contribution in [3.63, 3.8) is 0 Å². The highest BCUT2D eigenvalue weighted by Gasteiger charge is 2.43. The number of halogens is 3. The van der Waals surface area contributed by atoms with Gasteiger partial charge >= 0.3 is 5.97 Å². The summed E-state index contributed by atoms with van der Waals surface area (Å²) >= 11 is 5.79. The number of aliphatic carboxylic acids is 1. The third kappa shape index (κ3) is 1.99. The SMILES string of the molecule is O=C(O)C1(c2ccc(F)c(F)c2Cl)CCCCC1. The van der Waals surface area contributed by atoms with Gasteiger partial charge in [0.1, 0.15) is 0 Å². The van der Waals surface area contributed by atoms with E-state index in [1.165, 1.54) is 6.07 Å². The minimum Gasteiger partial charge on any atom is -0.481 e. The summed E-state index contributed by atoms with van der Waals surface area (Å²) < 4.78 is 26.5. The predicted octanol–water partition coefficient (Wildman–Crippen LogP) is 3.90. The van der Waals surface area contributed by atoms with Gasteiger partial charge in [0.2, 0.25) is 0 Å². The zero-order valence-electron chi connectivity index (χ0n) is 9.68. The van der Waals surface area contributed by atoms with Gasteiger partial charge in [-0.25, -0.2) is 8.78 Å². The number of rotatable bonds is 2. The third-order valence-electron chi connectivity index (χ3n) is 3.67. The van der Waals surface area contributed by atoms with E-state index in [4.69, 9.17) is 11.6 Å². The molecule has 5 heteroatoms. The molecule has 1 aromatic carbocycles. The number of benzene rings is 1. The average molecular weight is 275 g/mol. The molecule has 0 amide bonds. The standard InChI is InChI=1S/C13H13ClF2O2/c14-10-8(4-5-9(15)11(10)16)13(12(17)18)6-2-1-3-7-13/h4-5H,1-3,6-7H2,(H,17,18). The van der Waals surface area contributed by atoms with E-state index in [2.05, 4.69) is 0 Å². The normalized spacial score (nSPS) is 18.6. The molecule has 18 heavy (non-hydrogen) atoms. The van der Waals surface area contributed by atoms with Gasteiger partial charge in [0.15, 0.2) is 11.6 Å². The van der Waals surface area contributed by atoms with E-state index >= 15 is 0 Å². The first-order valence-electron chi connectivity index (χ1n) is 5.86. The van der Waals surface area contributed by atoms with Crippen LogP contribution in [0.2, 0.25) is 5.02 Å². The van der Waals surface area contributed by atoms with Gasteiger partial charge in [-0.2, -0.15) is 0 Å². The Morgan fingerprint density at radius 3 is 2.39 bits per heavy atom. The second-order valence-corrected chi connectivity index (χ2v) is 5.05. The summed E-state index contributed by atoms with van der Waals surface area (Å²) in [4.78, 5) is 11.6. The van der Waals surface area contributed by atoms with E-state index in [0.717, 1.165) is 25.3 Å². The molecule has 0 spiro atoms. The van der Waals surface area contributed by atoms with Gasteiger partial charge in [0.25, 0.3) is 0 Å². The lowest BCUT2D eigenvalue weighted by atomic mass is 9.69. The van der Waals surface area contributed by atoms with Crippen LogP contribution < -0.4 is 0 Å². The molecule has 0 aliphatic heterocycles. The molecule has 0 bridgehead atoms. The fourth-order valence-electron chi connectivity index (χ4n) is 2.65. The Hall–Kier alpha value is -1.16. The van der Waals surface area contributed by atoms with E-state index in [0.29, 0.717) is 12.8 Å². The monoisotopic (exact) mass is 274 g/mol. The number of hydrogen-bond acceptors (Lipinski definition) is 1. The molecule has 1 aromatic rings. The molecular weight excluding hydrogens is 262 g/mol. The largest absolute Gasteiger partial charge is 0.481 e. The Bertz CT molecular complexity index is 482. The van der Waals surface area contributed by atoms with Crippen LogP contribution in [0, 0.1) is 11.6 Å². The highest BCUT2D eigenvalue weighted by atomic mass is 35.5. The number of carboxylic acid groups (broad SMARTS) is 1. The Balaban J connectivity index is 2.56. The van der Waals surface area contributed by atoms with E-state index in [9.17, 15) is 18.7 Å². The Morgan fingerprint density at radius 2 is 1.83 bits per heavy atom. The zero-order chi connectivity index (χ0) is 13.3. The molecule has 1 aliphatic rings. The second-order valence-electron chi connectivity index (χ2n) is 4.67. The minimum absolute atomic E-state index is 0.190. The maximum absolute atomic E-state index is 13.5. The summed E-state index contributed by atoms with van der Waals surface area (Å²) in [7, 11) is 0. The van der Waals surface area contributed by atoms with Crippen molar-refractivity contribution in [1.82, 2.24) is 0 Å². The molecule has 2 nitrogen and oxygen atoms in total. The highest BCUT2D eigenvalue weighted by Crippen LogP contribution is 2.43. The first-order chi connectivity index (χ1) is 8.49. The van der Waals surface area contributed by atoms with E-state index < -0.39 is 28.0 Å². The molecule has 0 saturated heterocycles. The van der Waals surface area contributed by atoms with Crippen LogP contribution in [-0.2, 0) is 10.2 Å². The average Bonchev–Trinajstić information content (AvgIpc) is 2.37. The van der Waals surface area contributed by atoms with Crippen molar-refractivity contribution in [1.29, 1.82) is 0 Å². The molecular formula is C13H13ClF2O2. The van der Waals surface area contributed by atoms with Crippen molar-refractivity contribution in [2.24, 2.45) is 0 Å². The molecule has 1 aliphatic carbocycles. The van der Waals surface area contributed by atoms with Gasteiger partial charge in [-0.05, 0) is 24.5 Å². The molecule has 1 saturated carbocycles. The molecule has 1 N–H and O–H groups in total. The van der Waals surface area contributed by atoms with Crippen LogP contribution in [0.3, 0.4) is 0 Å². The molecule has 0 heterocycles. The van der Waals surface area contributed by atoms with Crippen molar-refractivity contribution in [2.75, 3.05) is 0 Å². The van der Waals surface area contributed by atoms with Gasteiger partial charge in [-0.3, -0.25) is 4.79 Å². The quantitative estimate of drug-likeness (QED) is 0.831. The van der Waals surface area contributed by atoms with Crippen molar-refractivity contribution in [2.45, 2.75) is 37.5 Å². The number of carboxylic acids is 1. The Labute approximate surface area is 109 Å². The maximum Gasteiger partial charge on any atom is 0.314 e. The van der Waals surface area contributed by atoms with Crippen molar-refractivity contribution in [3.05, 3.63) is 34.4 Å². The van der Waals surface area contributed by atoms with E-state index in [-0.39, 0.29) is 5.56 Å².